The summed E-state index contributed by atoms with van der Waals surface area (Å²) < 4.78 is 19.6. The summed E-state index contributed by atoms with van der Waals surface area (Å²) in [6.07, 6.45) is 0. The highest BCUT2D eigenvalue weighted by Gasteiger charge is 2.13. The lowest BCUT2D eigenvalue weighted by molar-refractivity contribution is 0.407. The molecule has 0 aromatic heterocycles. The van der Waals surface area contributed by atoms with Gasteiger partial charge >= 0.3 is 0 Å². The molecule has 0 bridgehead atoms. The Morgan fingerprint density at radius 2 is 1.71 bits per heavy atom. The molecule has 0 aliphatic rings. The van der Waals surface area contributed by atoms with Gasteiger partial charge in [0.15, 0.2) is 11.6 Å². The number of para-hydroxylation sites is 1. The molecule has 0 aliphatic heterocycles. The summed E-state index contributed by atoms with van der Waals surface area (Å²) in [4.78, 5) is 0. The van der Waals surface area contributed by atoms with Crippen LogP contribution >= 0.6 is 11.6 Å². The summed E-state index contributed by atoms with van der Waals surface area (Å²) in [6, 6.07) is 12.3. The van der Waals surface area contributed by atoms with E-state index in [-0.39, 0.29) is 16.3 Å². The molecule has 0 heterocycles. The summed E-state index contributed by atoms with van der Waals surface area (Å²) in [6.45, 7) is 6.91. The molecule has 0 fully saturated rings. The molecule has 0 spiro atoms. The molecule has 0 unspecified atom stereocenters. The Morgan fingerprint density at radius 1 is 1.05 bits per heavy atom. The van der Waals surface area contributed by atoms with Crippen molar-refractivity contribution in [1.82, 2.24) is 5.32 Å². The van der Waals surface area contributed by atoms with E-state index in [0.29, 0.717) is 12.3 Å². The van der Waals surface area contributed by atoms with Gasteiger partial charge in [0.25, 0.3) is 0 Å². The highest BCUT2D eigenvalue weighted by molar-refractivity contribution is 6.30. The Hall–Kier alpha value is -1.58. The lowest BCUT2D eigenvalue weighted by Crippen LogP contribution is -2.35. The van der Waals surface area contributed by atoms with Crippen molar-refractivity contribution in [2.75, 3.05) is 0 Å². The van der Waals surface area contributed by atoms with Gasteiger partial charge in [-0.3, -0.25) is 0 Å². The van der Waals surface area contributed by atoms with Gasteiger partial charge < -0.3 is 10.1 Å². The normalized spacial score (nSPS) is 11.5. The molecular weight excluding hydrogens is 289 g/mol. The van der Waals surface area contributed by atoms with Crippen molar-refractivity contribution in [2.24, 2.45) is 0 Å². The van der Waals surface area contributed by atoms with Crippen LogP contribution in [0.4, 0.5) is 4.39 Å². The van der Waals surface area contributed by atoms with Gasteiger partial charge in [-0.2, -0.15) is 0 Å². The van der Waals surface area contributed by atoms with E-state index in [2.05, 4.69) is 26.1 Å². The van der Waals surface area contributed by atoms with Crippen molar-refractivity contribution in [2.45, 2.75) is 32.9 Å². The van der Waals surface area contributed by atoms with E-state index in [1.54, 1.807) is 12.1 Å². The van der Waals surface area contributed by atoms with Crippen LogP contribution in [0.1, 0.15) is 26.3 Å². The van der Waals surface area contributed by atoms with Crippen LogP contribution in [0.2, 0.25) is 5.02 Å². The third-order valence-electron chi connectivity index (χ3n) is 2.92. The number of halogens is 2. The van der Waals surface area contributed by atoms with Crippen LogP contribution in [0, 0.1) is 5.82 Å². The van der Waals surface area contributed by atoms with Gasteiger partial charge in [-0.25, -0.2) is 4.39 Å². The van der Waals surface area contributed by atoms with Gasteiger partial charge in [-0.15, -0.1) is 0 Å². The third-order valence-corrected chi connectivity index (χ3v) is 3.21. The topological polar surface area (TPSA) is 21.3 Å². The molecule has 112 valence electrons. The fourth-order valence-corrected chi connectivity index (χ4v) is 1.96. The van der Waals surface area contributed by atoms with E-state index < -0.39 is 5.82 Å². The molecule has 0 saturated carbocycles. The summed E-state index contributed by atoms with van der Waals surface area (Å²) >= 11 is 5.77. The zero-order chi connectivity index (χ0) is 15.5. The highest BCUT2D eigenvalue weighted by Crippen LogP contribution is 2.30. The predicted octanol–water partition coefficient (Wildman–Crippen LogP) is 5.16. The monoisotopic (exact) mass is 307 g/mol. The molecule has 0 radical (unpaired) electrons. The molecule has 2 nitrogen and oxygen atoms in total. The van der Waals surface area contributed by atoms with E-state index in [0.717, 1.165) is 5.56 Å². The number of rotatable bonds is 4. The molecule has 21 heavy (non-hydrogen) atoms. The Labute approximate surface area is 129 Å². The lowest BCUT2D eigenvalue weighted by atomic mass is 10.1. The Bertz CT molecular complexity index is 622. The fourth-order valence-electron chi connectivity index (χ4n) is 1.79. The predicted molar refractivity (Wildman–Crippen MR) is 84.5 cm³/mol. The first-order chi connectivity index (χ1) is 9.87. The first-order valence-corrected chi connectivity index (χ1v) is 7.19. The van der Waals surface area contributed by atoms with Gasteiger partial charge in [0.1, 0.15) is 5.75 Å². The van der Waals surface area contributed by atoms with Crippen LogP contribution < -0.4 is 10.1 Å². The first kappa shape index (κ1) is 15.8. The van der Waals surface area contributed by atoms with Crippen LogP contribution in [-0.2, 0) is 6.54 Å². The lowest BCUT2D eigenvalue weighted by Gasteiger charge is -2.21. The maximum absolute atomic E-state index is 13.9. The maximum Gasteiger partial charge on any atom is 0.184 e. The second-order valence-electron chi connectivity index (χ2n) is 5.87. The minimum Gasteiger partial charge on any atom is -0.454 e. The molecule has 4 heteroatoms. The largest absolute Gasteiger partial charge is 0.454 e. The van der Waals surface area contributed by atoms with Gasteiger partial charge in [0.05, 0.1) is 5.02 Å². The van der Waals surface area contributed by atoms with Crippen LogP contribution in [0.3, 0.4) is 0 Å². The SMILES string of the molecule is CC(C)(C)NCc1ccccc1Oc1cccc(Cl)c1F. The smallest absolute Gasteiger partial charge is 0.184 e. The van der Waals surface area contributed by atoms with Crippen LogP contribution in [0.5, 0.6) is 11.5 Å². The summed E-state index contributed by atoms with van der Waals surface area (Å²) in [5.41, 5.74) is 0.959. The Kier molecular flexibility index (Phi) is 4.86. The molecule has 0 saturated heterocycles. The van der Waals surface area contributed by atoms with E-state index in [1.165, 1.54) is 6.07 Å². The minimum atomic E-state index is -0.544. The number of hydrogen-bond donors (Lipinski definition) is 1. The van der Waals surface area contributed by atoms with Crippen molar-refractivity contribution in [3.63, 3.8) is 0 Å². The third kappa shape index (κ3) is 4.45. The minimum absolute atomic E-state index is 0.00554. The molecule has 2 aromatic rings. The van der Waals surface area contributed by atoms with E-state index in [1.807, 2.05) is 24.3 Å². The standard InChI is InChI=1S/C17H19ClFNO/c1-17(2,3)20-11-12-7-4-5-9-14(12)21-15-10-6-8-13(18)16(15)19/h4-10,20H,11H2,1-3H3. The molecule has 2 aromatic carbocycles. The highest BCUT2D eigenvalue weighted by atomic mass is 35.5. The second kappa shape index (κ2) is 6.46. The van der Waals surface area contributed by atoms with Crippen LogP contribution in [0.25, 0.3) is 0 Å². The maximum atomic E-state index is 13.9. The summed E-state index contributed by atoms with van der Waals surface area (Å²) in [7, 11) is 0. The van der Waals surface area contributed by atoms with Crippen molar-refractivity contribution >= 4 is 11.6 Å². The van der Waals surface area contributed by atoms with Gasteiger partial charge in [0, 0.05) is 17.6 Å². The Balaban J connectivity index is 2.22. The van der Waals surface area contributed by atoms with Crippen LogP contribution in [0.15, 0.2) is 42.5 Å². The van der Waals surface area contributed by atoms with Crippen LogP contribution in [-0.4, -0.2) is 5.54 Å². The van der Waals surface area contributed by atoms with Gasteiger partial charge in [-0.05, 0) is 39.0 Å². The number of hydrogen-bond acceptors (Lipinski definition) is 2. The second-order valence-corrected chi connectivity index (χ2v) is 6.27. The van der Waals surface area contributed by atoms with E-state index >= 15 is 0 Å². The van der Waals surface area contributed by atoms with Gasteiger partial charge in [0.2, 0.25) is 0 Å². The average molecular weight is 308 g/mol. The van der Waals surface area contributed by atoms with Gasteiger partial charge in [-0.1, -0.05) is 35.9 Å². The fraction of sp³-hybridized carbons (Fsp3) is 0.294. The molecule has 1 N–H and O–H groups in total. The number of ether oxygens (including phenoxy) is 1. The summed E-state index contributed by atoms with van der Waals surface area (Å²) in [5, 5.41) is 3.44. The molecule has 2 rings (SSSR count). The average Bonchev–Trinajstić information content (AvgIpc) is 2.42. The molecular formula is C17H19ClFNO. The molecule has 0 atom stereocenters. The van der Waals surface area contributed by atoms with Crippen molar-refractivity contribution in [3.8, 4) is 11.5 Å². The van der Waals surface area contributed by atoms with E-state index in [9.17, 15) is 4.39 Å². The van der Waals surface area contributed by atoms with Crippen molar-refractivity contribution < 1.29 is 9.13 Å². The molecule has 0 aliphatic carbocycles. The number of nitrogens with one attached hydrogen (secondary N) is 1. The first-order valence-electron chi connectivity index (χ1n) is 6.81. The molecule has 0 amide bonds. The van der Waals surface area contributed by atoms with E-state index in [4.69, 9.17) is 16.3 Å². The van der Waals surface area contributed by atoms with Crippen molar-refractivity contribution in [3.05, 3.63) is 58.9 Å². The van der Waals surface area contributed by atoms with Crippen molar-refractivity contribution in [1.29, 1.82) is 0 Å². The zero-order valence-corrected chi connectivity index (χ0v) is 13.2. The Morgan fingerprint density at radius 3 is 2.43 bits per heavy atom. The number of benzene rings is 2. The zero-order valence-electron chi connectivity index (χ0n) is 12.4. The quantitative estimate of drug-likeness (QED) is 0.842. The summed E-state index contributed by atoms with van der Waals surface area (Å²) in [5.74, 6) is 0.207.